The van der Waals surface area contributed by atoms with Gasteiger partial charge in [0.15, 0.2) is 0 Å². The van der Waals surface area contributed by atoms with Crippen LogP contribution >= 0.6 is 0 Å². The van der Waals surface area contributed by atoms with E-state index in [1.165, 1.54) is 35.6 Å². The van der Waals surface area contributed by atoms with Crippen LogP contribution in [0.5, 0.6) is 5.75 Å². The fourth-order valence-electron chi connectivity index (χ4n) is 3.15. The zero-order valence-corrected chi connectivity index (χ0v) is 17.4. The van der Waals surface area contributed by atoms with Crippen molar-refractivity contribution in [2.75, 3.05) is 7.11 Å². The average molecular weight is 433 g/mol. The molecule has 1 heterocycles. The van der Waals surface area contributed by atoms with E-state index in [4.69, 9.17) is 4.74 Å². The van der Waals surface area contributed by atoms with E-state index in [2.05, 4.69) is 10.5 Å². The number of methoxy groups -OCH3 is 1. The Bertz CT molecular complexity index is 1360. The Morgan fingerprint density at radius 3 is 2.35 bits per heavy atom. The fourth-order valence-corrected chi connectivity index (χ4v) is 4.53. The molecule has 0 fully saturated rings. The van der Waals surface area contributed by atoms with Gasteiger partial charge in [-0.15, -0.1) is 0 Å². The number of nitrogens with zero attached hydrogens (tertiary/aromatic N) is 2. The lowest BCUT2D eigenvalue weighted by Gasteiger charge is -2.08. The van der Waals surface area contributed by atoms with Gasteiger partial charge in [-0.3, -0.25) is 4.79 Å². The van der Waals surface area contributed by atoms with Gasteiger partial charge in [0.25, 0.3) is 15.9 Å². The maximum atomic E-state index is 13.2. The van der Waals surface area contributed by atoms with Crippen LogP contribution < -0.4 is 10.2 Å². The predicted molar refractivity (Wildman–Crippen MR) is 119 cm³/mol. The van der Waals surface area contributed by atoms with Crippen molar-refractivity contribution in [2.24, 2.45) is 5.10 Å². The van der Waals surface area contributed by atoms with Gasteiger partial charge in [0.1, 0.15) is 5.75 Å². The number of benzene rings is 3. The molecular weight excluding hydrogens is 414 g/mol. The molecule has 0 saturated heterocycles. The van der Waals surface area contributed by atoms with Crippen LogP contribution in [0.25, 0.3) is 10.9 Å². The lowest BCUT2D eigenvalue weighted by Crippen LogP contribution is -2.17. The number of fused-ring (bicyclic) bond motifs is 1. The smallest absolute Gasteiger partial charge is 0.271 e. The van der Waals surface area contributed by atoms with E-state index in [9.17, 15) is 13.2 Å². The zero-order chi connectivity index (χ0) is 21.8. The largest absolute Gasteiger partial charge is 0.497 e. The number of nitrogens with one attached hydrogen (secondary N) is 1. The van der Waals surface area contributed by atoms with Gasteiger partial charge in [0, 0.05) is 22.7 Å². The Morgan fingerprint density at radius 1 is 0.968 bits per heavy atom. The number of hydrazone groups is 1. The molecule has 0 aliphatic carbocycles. The first kappa shape index (κ1) is 20.4. The molecule has 0 radical (unpaired) electrons. The van der Waals surface area contributed by atoms with Crippen molar-refractivity contribution >= 4 is 33.0 Å². The monoisotopic (exact) mass is 433 g/mol. The third-order valence-electron chi connectivity index (χ3n) is 4.73. The molecule has 0 unspecified atom stereocenters. The van der Waals surface area contributed by atoms with Crippen molar-refractivity contribution in [1.82, 2.24) is 9.40 Å². The summed E-state index contributed by atoms with van der Waals surface area (Å²) in [5.41, 5.74) is 4.00. The molecule has 0 bridgehead atoms. The second-order valence-electron chi connectivity index (χ2n) is 6.64. The van der Waals surface area contributed by atoms with Crippen molar-refractivity contribution < 1.29 is 17.9 Å². The molecule has 3 aromatic carbocycles. The van der Waals surface area contributed by atoms with Crippen LogP contribution in [0.3, 0.4) is 0 Å². The number of hydrogen-bond donors (Lipinski definition) is 1. The van der Waals surface area contributed by atoms with Gasteiger partial charge < -0.3 is 4.74 Å². The number of para-hydroxylation sites is 1. The van der Waals surface area contributed by atoms with Crippen LogP contribution in [-0.4, -0.2) is 31.6 Å². The molecule has 7 nitrogen and oxygen atoms in total. The molecule has 8 heteroatoms. The van der Waals surface area contributed by atoms with Crippen molar-refractivity contribution in [3.8, 4) is 5.75 Å². The Balaban J connectivity index is 1.68. The summed E-state index contributed by atoms with van der Waals surface area (Å²) in [5, 5.41) is 4.70. The summed E-state index contributed by atoms with van der Waals surface area (Å²) in [6, 6.07) is 22.0. The number of amides is 1. The molecule has 1 amide bonds. The summed E-state index contributed by atoms with van der Waals surface area (Å²) < 4.78 is 32.8. The minimum Gasteiger partial charge on any atom is -0.497 e. The first-order valence-corrected chi connectivity index (χ1v) is 10.8. The summed E-state index contributed by atoms with van der Waals surface area (Å²) in [6.45, 7) is 0. The highest BCUT2D eigenvalue weighted by Gasteiger charge is 2.20. The van der Waals surface area contributed by atoms with Gasteiger partial charge in [-0.1, -0.05) is 36.4 Å². The van der Waals surface area contributed by atoms with Crippen LogP contribution in [0.4, 0.5) is 0 Å². The van der Waals surface area contributed by atoms with Gasteiger partial charge in [0.2, 0.25) is 0 Å². The van der Waals surface area contributed by atoms with Gasteiger partial charge in [0.05, 0.1) is 23.7 Å². The lowest BCUT2D eigenvalue weighted by molar-refractivity contribution is 0.0955. The van der Waals surface area contributed by atoms with E-state index in [1.807, 2.05) is 12.1 Å². The van der Waals surface area contributed by atoms with Gasteiger partial charge in [-0.25, -0.2) is 17.8 Å². The molecule has 1 N–H and O–H groups in total. The van der Waals surface area contributed by atoms with Crippen LogP contribution in [0.15, 0.2) is 95.1 Å². The maximum absolute atomic E-state index is 13.2. The fraction of sp³-hybridized carbons (Fsp3) is 0.0435. The summed E-state index contributed by atoms with van der Waals surface area (Å²) in [5.74, 6) is 0.213. The van der Waals surface area contributed by atoms with Crippen LogP contribution in [0, 0.1) is 0 Å². The van der Waals surface area contributed by atoms with E-state index in [-0.39, 0.29) is 10.8 Å². The molecule has 31 heavy (non-hydrogen) atoms. The molecular formula is C23H19N3O4S. The summed E-state index contributed by atoms with van der Waals surface area (Å²) in [4.78, 5) is 12.3. The summed E-state index contributed by atoms with van der Waals surface area (Å²) >= 11 is 0. The van der Waals surface area contributed by atoms with E-state index >= 15 is 0 Å². The molecule has 0 aliphatic rings. The van der Waals surface area contributed by atoms with Crippen LogP contribution in [-0.2, 0) is 10.0 Å². The van der Waals surface area contributed by atoms with E-state index in [0.29, 0.717) is 27.8 Å². The number of aromatic nitrogens is 1. The minimum atomic E-state index is -3.84. The second-order valence-corrected chi connectivity index (χ2v) is 8.46. The number of hydrogen-bond acceptors (Lipinski definition) is 5. The zero-order valence-electron chi connectivity index (χ0n) is 16.6. The Kier molecular flexibility index (Phi) is 5.55. The minimum absolute atomic E-state index is 0.134. The Labute approximate surface area is 179 Å². The molecule has 0 spiro atoms. The Morgan fingerprint density at radius 2 is 1.65 bits per heavy atom. The number of rotatable bonds is 6. The molecule has 0 aliphatic heterocycles. The normalized spacial score (nSPS) is 11.6. The second kappa shape index (κ2) is 8.45. The molecule has 4 rings (SSSR count). The first-order valence-electron chi connectivity index (χ1n) is 9.39. The van der Waals surface area contributed by atoms with Gasteiger partial charge in [-0.05, 0) is 42.5 Å². The molecule has 156 valence electrons. The predicted octanol–water partition coefficient (Wildman–Crippen LogP) is 3.65. The van der Waals surface area contributed by atoms with Crippen LogP contribution in [0.2, 0.25) is 0 Å². The van der Waals surface area contributed by atoms with Crippen molar-refractivity contribution in [3.05, 3.63) is 96.2 Å². The highest BCUT2D eigenvalue weighted by Crippen LogP contribution is 2.26. The van der Waals surface area contributed by atoms with E-state index < -0.39 is 10.0 Å². The highest BCUT2D eigenvalue weighted by molar-refractivity contribution is 7.90. The highest BCUT2D eigenvalue weighted by atomic mass is 32.2. The third kappa shape index (κ3) is 4.06. The van der Waals surface area contributed by atoms with Gasteiger partial charge in [-0.2, -0.15) is 5.10 Å². The van der Waals surface area contributed by atoms with Crippen molar-refractivity contribution in [1.29, 1.82) is 0 Å². The van der Waals surface area contributed by atoms with Crippen LogP contribution in [0.1, 0.15) is 15.9 Å². The van der Waals surface area contributed by atoms with E-state index in [1.54, 1.807) is 54.6 Å². The maximum Gasteiger partial charge on any atom is 0.271 e. The number of carbonyl (C=O) groups is 1. The van der Waals surface area contributed by atoms with E-state index in [0.717, 1.165) is 0 Å². The van der Waals surface area contributed by atoms with Crippen molar-refractivity contribution in [3.63, 3.8) is 0 Å². The van der Waals surface area contributed by atoms with Crippen molar-refractivity contribution in [2.45, 2.75) is 4.90 Å². The lowest BCUT2D eigenvalue weighted by atomic mass is 10.2. The Hall–Kier alpha value is -3.91. The number of carbonyl (C=O) groups excluding carboxylic acids is 1. The first-order chi connectivity index (χ1) is 15.0. The standard InChI is InChI=1S/C23H19N3O4S/c1-30-19-11-13-20(14-12-19)31(28,29)26-16-18(21-9-5-6-10-22(21)26)15-24-25-23(27)17-7-3-2-4-8-17/h2-16H,1H3,(H,25,27)/b24-15+. The van der Waals surface area contributed by atoms with Gasteiger partial charge >= 0.3 is 0 Å². The molecule has 0 atom stereocenters. The number of ether oxygens (including phenoxy) is 1. The quantitative estimate of drug-likeness (QED) is 0.371. The molecule has 1 aromatic heterocycles. The topological polar surface area (TPSA) is 89.8 Å². The SMILES string of the molecule is COc1ccc(S(=O)(=O)n2cc(/C=N/NC(=O)c3ccccc3)c3ccccc32)cc1. The third-order valence-corrected chi connectivity index (χ3v) is 6.42. The summed E-state index contributed by atoms with van der Waals surface area (Å²) in [7, 11) is -2.32. The average Bonchev–Trinajstić information content (AvgIpc) is 3.19. The summed E-state index contributed by atoms with van der Waals surface area (Å²) in [6.07, 6.45) is 2.92. The molecule has 0 saturated carbocycles. The molecule has 4 aromatic rings.